The Kier molecular flexibility index (Phi) is 16.1. The lowest BCUT2D eigenvalue weighted by Crippen LogP contribution is -2.53. The molecular formula is C52H60FN9O10. The number of nitrogens with zero attached hydrogens (tertiary/aromatic N) is 6. The van der Waals surface area contributed by atoms with Crippen LogP contribution in [0.15, 0.2) is 89.9 Å². The van der Waals surface area contributed by atoms with Crippen LogP contribution in [0.3, 0.4) is 0 Å². The first-order valence-electron chi connectivity index (χ1n) is 24.1. The molecule has 0 atom stereocenters. The van der Waals surface area contributed by atoms with Crippen molar-refractivity contribution in [3.8, 4) is 0 Å². The van der Waals surface area contributed by atoms with Crippen LogP contribution in [0.1, 0.15) is 71.3 Å². The van der Waals surface area contributed by atoms with Crippen LogP contribution < -0.4 is 21.1 Å². The van der Waals surface area contributed by atoms with Crippen LogP contribution >= 0.6 is 0 Å². The predicted octanol–water partition coefficient (Wildman–Crippen LogP) is 5.38. The summed E-state index contributed by atoms with van der Waals surface area (Å²) in [6, 6.07) is 22.2. The van der Waals surface area contributed by atoms with E-state index in [1.165, 1.54) is 26.8 Å². The van der Waals surface area contributed by atoms with E-state index in [4.69, 9.17) is 18.9 Å². The van der Waals surface area contributed by atoms with E-state index in [0.29, 0.717) is 22.0 Å². The summed E-state index contributed by atoms with van der Waals surface area (Å²) in [5.74, 6) is -2.15. The number of ether oxygens (including phenoxy) is 4. The molecule has 3 aliphatic heterocycles. The van der Waals surface area contributed by atoms with Crippen molar-refractivity contribution in [1.82, 2.24) is 35.2 Å². The van der Waals surface area contributed by atoms with Crippen LogP contribution in [-0.2, 0) is 36.8 Å². The van der Waals surface area contributed by atoms with E-state index in [2.05, 4.69) is 30.7 Å². The molecule has 20 heteroatoms. The van der Waals surface area contributed by atoms with Crippen LogP contribution in [0, 0.1) is 11.2 Å². The zero-order chi connectivity index (χ0) is 50.8. The zero-order valence-corrected chi connectivity index (χ0v) is 40.7. The second kappa shape index (κ2) is 22.7. The molecule has 3 aromatic carbocycles. The summed E-state index contributed by atoms with van der Waals surface area (Å²) >= 11 is 0. The molecule has 19 nitrogen and oxygen atoms in total. The summed E-state index contributed by atoms with van der Waals surface area (Å²) in [5, 5.41) is 13.3. The third kappa shape index (κ3) is 12.9. The highest BCUT2D eigenvalue weighted by molar-refractivity contribution is 6.01. The Bertz CT molecular complexity index is 2820. The second-order valence-corrected chi connectivity index (χ2v) is 19.2. The molecule has 0 bridgehead atoms. The Morgan fingerprint density at radius 1 is 0.861 bits per heavy atom. The summed E-state index contributed by atoms with van der Waals surface area (Å²) in [4.78, 5) is 90.5. The Balaban J connectivity index is 0.839. The lowest BCUT2D eigenvalue weighted by Gasteiger charge is -2.47. The zero-order valence-electron chi connectivity index (χ0n) is 40.7. The second-order valence-electron chi connectivity index (χ2n) is 19.2. The minimum atomic E-state index is -0.775. The predicted molar refractivity (Wildman–Crippen MR) is 264 cm³/mol. The number of carbonyl (C=O) groups excluding carboxylic acids is 5. The molecule has 5 heterocycles. The number of fused-ring (bicyclic) bond motifs is 1. The highest BCUT2D eigenvalue weighted by Crippen LogP contribution is 2.40. The molecule has 3 N–H and O–H groups in total. The molecule has 72 heavy (non-hydrogen) atoms. The average Bonchev–Trinajstić information content (AvgIpc) is 3.36. The van der Waals surface area contributed by atoms with Gasteiger partial charge in [0, 0.05) is 69.6 Å². The molecule has 0 aliphatic carbocycles. The summed E-state index contributed by atoms with van der Waals surface area (Å²) in [6.45, 7) is 8.57. The molecule has 1 spiro atoms. The number of carbonyl (C=O) groups is 5. The minimum absolute atomic E-state index is 0.00573. The van der Waals surface area contributed by atoms with E-state index < -0.39 is 35.4 Å². The van der Waals surface area contributed by atoms with Gasteiger partial charge in [-0.05, 0) is 69.0 Å². The van der Waals surface area contributed by atoms with E-state index in [1.54, 1.807) is 63.4 Å². The van der Waals surface area contributed by atoms with Gasteiger partial charge >= 0.3 is 12.2 Å². The Hall–Kier alpha value is -7.45. The molecule has 3 fully saturated rings. The number of pyridine rings is 1. The van der Waals surface area contributed by atoms with Crippen LogP contribution in [0.5, 0.6) is 0 Å². The van der Waals surface area contributed by atoms with E-state index in [0.717, 1.165) is 50.4 Å². The highest BCUT2D eigenvalue weighted by Gasteiger charge is 2.41. The number of aromatic nitrogens is 3. The number of amides is 5. The third-order valence-electron chi connectivity index (χ3n) is 12.9. The molecule has 5 aromatic rings. The Morgan fingerprint density at radius 3 is 2.28 bits per heavy atom. The van der Waals surface area contributed by atoms with Crippen LogP contribution in [-0.4, -0.2) is 151 Å². The van der Waals surface area contributed by atoms with E-state index in [1.807, 2.05) is 30.3 Å². The maximum absolute atomic E-state index is 15.2. The van der Waals surface area contributed by atoms with Crippen molar-refractivity contribution in [3.05, 3.63) is 129 Å². The first-order chi connectivity index (χ1) is 34.6. The largest absolute Gasteiger partial charge is 0.445 e. The van der Waals surface area contributed by atoms with Gasteiger partial charge in [0.2, 0.25) is 5.91 Å². The maximum Gasteiger partial charge on any atom is 0.412 e. The van der Waals surface area contributed by atoms with Crippen molar-refractivity contribution < 1.29 is 47.3 Å². The first kappa shape index (κ1) is 50.9. The van der Waals surface area contributed by atoms with Gasteiger partial charge in [0.1, 0.15) is 24.6 Å². The highest BCUT2D eigenvalue weighted by atomic mass is 19.1. The standard InChI is InChI=1S/C52H60FN9O10/c1-51(2,3)72-49(67)56-43-29-37(59-18-15-52(16-19-59)33-70-34-52)30-55-45(43)47(65)54-17-25-69-26-24-62(50(68)71-32-35-9-5-4-6-10-35)31-44(63)60-20-22-61(23-21-60)48(66)40-27-36(13-14-41(40)53)28-42-38-11-7-8-12-39(38)46(64)58-57-42/h4-14,27,29-30H,15-26,28,31-34H2,1-3H3,(H,54,65)(H,56,67)(H,58,64). The number of piperidine rings is 1. The van der Waals surface area contributed by atoms with E-state index in [-0.39, 0.29) is 106 Å². The van der Waals surface area contributed by atoms with Gasteiger partial charge in [-0.25, -0.2) is 24.1 Å². The lowest BCUT2D eigenvalue weighted by molar-refractivity contribution is -0.133. The van der Waals surface area contributed by atoms with Gasteiger partial charge in [-0.3, -0.25) is 29.4 Å². The van der Waals surface area contributed by atoms with Gasteiger partial charge in [-0.15, -0.1) is 0 Å². The van der Waals surface area contributed by atoms with Crippen molar-refractivity contribution in [3.63, 3.8) is 0 Å². The van der Waals surface area contributed by atoms with Crippen molar-refractivity contribution >= 4 is 52.1 Å². The van der Waals surface area contributed by atoms with Crippen LogP contribution in [0.4, 0.5) is 25.4 Å². The number of aromatic amines is 1. The Morgan fingerprint density at radius 2 is 1.57 bits per heavy atom. The number of benzene rings is 3. The smallest absolute Gasteiger partial charge is 0.412 e. The lowest BCUT2D eigenvalue weighted by atomic mass is 9.77. The van der Waals surface area contributed by atoms with Gasteiger partial charge in [0.25, 0.3) is 17.4 Å². The monoisotopic (exact) mass is 989 g/mol. The average molecular weight is 990 g/mol. The molecule has 2 aromatic heterocycles. The van der Waals surface area contributed by atoms with Crippen molar-refractivity contribution in [2.24, 2.45) is 5.41 Å². The van der Waals surface area contributed by atoms with Crippen molar-refractivity contribution in [2.75, 3.05) is 95.5 Å². The molecule has 0 unspecified atom stereocenters. The van der Waals surface area contributed by atoms with E-state index in [9.17, 15) is 28.8 Å². The summed E-state index contributed by atoms with van der Waals surface area (Å²) in [5.41, 5.74) is 1.91. The number of rotatable bonds is 16. The number of nitrogens with one attached hydrogen (secondary N) is 3. The molecule has 8 rings (SSSR count). The number of anilines is 2. The number of piperazine rings is 1. The normalized spacial score (nSPS) is 15.4. The van der Waals surface area contributed by atoms with Gasteiger partial charge in [-0.1, -0.05) is 54.6 Å². The summed E-state index contributed by atoms with van der Waals surface area (Å²) in [6.07, 6.45) is 2.33. The van der Waals surface area contributed by atoms with Gasteiger partial charge < -0.3 is 39.0 Å². The van der Waals surface area contributed by atoms with Gasteiger partial charge in [0.05, 0.1) is 60.6 Å². The summed E-state index contributed by atoms with van der Waals surface area (Å²) in [7, 11) is 0. The van der Waals surface area contributed by atoms with Gasteiger partial charge in [0.15, 0.2) is 5.69 Å². The molecular weight excluding hydrogens is 930 g/mol. The minimum Gasteiger partial charge on any atom is -0.445 e. The quantitative estimate of drug-likeness (QED) is 0.106. The molecule has 3 saturated heterocycles. The fourth-order valence-corrected chi connectivity index (χ4v) is 8.82. The van der Waals surface area contributed by atoms with Crippen LogP contribution in [0.2, 0.25) is 0 Å². The topological polar surface area (TPSA) is 218 Å². The molecule has 0 saturated carbocycles. The maximum atomic E-state index is 15.2. The molecule has 380 valence electrons. The van der Waals surface area contributed by atoms with Crippen molar-refractivity contribution in [2.45, 2.75) is 52.2 Å². The Labute approximate surface area is 415 Å². The van der Waals surface area contributed by atoms with Crippen LogP contribution in [0.25, 0.3) is 10.8 Å². The number of H-pyrrole nitrogens is 1. The SMILES string of the molecule is CC(C)(C)OC(=O)Nc1cc(N2CCC3(CC2)COC3)cnc1C(=O)NCCOCCN(CC(=O)N1CCN(C(=O)c2cc(Cc3n[nH]c(=O)c4ccccc34)ccc2F)CC1)C(=O)OCc1ccccc1. The molecule has 5 amide bonds. The fourth-order valence-electron chi connectivity index (χ4n) is 8.82. The third-order valence-corrected chi connectivity index (χ3v) is 12.9. The van der Waals surface area contributed by atoms with Crippen molar-refractivity contribution in [1.29, 1.82) is 0 Å². The number of hydrogen-bond acceptors (Lipinski definition) is 13. The molecule has 0 radical (unpaired) electrons. The first-order valence-corrected chi connectivity index (χ1v) is 24.1. The fraction of sp³-hybridized carbons (Fsp3) is 0.423. The number of hydrogen-bond donors (Lipinski definition) is 3. The number of halogens is 1. The van der Waals surface area contributed by atoms with E-state index >= 15 is 4.39 Å². The molecule has 3 aliphatic rings. The van der Waals surface area contributed by atoms with Gasteiger partial charge in [-0.2, -0.15) is 5.10 Å². The summed E-state index contributed by atoms with van der Waals surface area (Å²) < 4.78 is 37.6.